The van der Waals surface area contributed by atoms with E-state index in [2.05, 4.69) is 21.9 Å². The van der Waals surface area contributed by atoms with Crippen LogP contribution in [0.15, 0.2) is 24.3 Å². The number of nitrogens with one attached hydrogen (secondary N) is 1. The van der Waals surface area contributed by atoms with Gasteiger partial charge < -0.3 is 14.8 Å². The number of likely N-dealkylation sites (N-methyl/N-ethyl adjacent to an activating group) is 1. The Bertz CT molecular complexity index is 904. The summed E-state index contributed by atoms with van der Waals surface area (Å²) in [6.45, 7) is 4.65. The minimum Gasteiger partial charge on any atom is -0.465 e. The molecule has 2 heterocycles. The molecule has 1 N–H and O–H groups in total. The zero-order valence-corrected chi connectivity index (χ0v) is 16.9. The van der Waals surface area contributed by atoms with Crippen LogP contribution in [0.25, 0.3) is 0 Å². The number of hydrogen-bond acceptors (Lipinski definition) is 7. The van der Waals surface area contributed by atoms with E-state index in [0.29, 0.717) is 21.7 Å². The van der Waals surface area contributed by atoms with Gasteiger partial charge in [-0.25, -0.2) is 9.59 Å². The standard InChI is InChI=1S/C20H22N2O5S/c1-4-22-10-9-14-15(11-22)28-18(16(14)20(25)27-3)21-17(23)12-5-7-13(8-6-12)19(24)26-2/h5-8H,4,9-11H2,1-3H3,(H,21,23). The number of fused-ring (bicyclic) bond motifs is 1. The molecule has 8 heteroatoms. The van der Waals surface area contributed by atoms with Crippen molar-refractivity contribution in [2.75, 3.05) is 32.6 Å². The highest BCUT2D eigenvalue weighted by molar-refractivity contribution is 7.17. The Labute approximate surface area is 167 Å². The molecule has 2 aromatic rings. The minimum absolute atomic E-state index is 0.354. The number of methoxy groups -OCH3 is 2. The second-order valence-electron chi connectivity index (χ2n) is 6.34. The molecule has 0 aliphatic carbocycles. The van der Waals surface area contributed by atoms with E-state index < -0.39 is 11.9 Å². The number of carbonyl (C=O) groups excluding carboxylic acids is 3. The molecule has 0 atom stereocenters. The molecule has 3 rings (SSSR count). The maximum atomic E-state index is 12.7. The molecule has 1 aromatic heterocycles. The molecule has 1 aromatic carbocycles. The summed E-state index contributed by atoms with van der Waals surface area (Å²) < 4.78 is 9.61. The Morgan fingerprint density at radius 3 is 2.32 bits per heavy atom. The molecule has 1 aliphatic heterocycles. The molecule has 0 radical (unpaired) electrons. The van der Waals surface area contributed by atoms with Crippen molar-refractivity contribution in [3.63, 3.8) is 0 Å². The van der Waals surface area contributed by atoms with Gasteiger partial charge in [0.25, 0.3) is 5.91 Å². The molecule has 0 fully saturated rings. The van der Waals surface area contributed by atoms with Crippen LogP contribution >= 0.6 is 11.3 Å². The van der Waals surface area contributed by atoms with Gasteiger partial charge in [-0.05, 0) is 42.8 Å². The summed E-state index contributed by atoms with van der Waals surface area (Å²) in [6.07, 6.45) is 0.744. The molecule has 0 spiro atoms. The molecule has 1 aliphatic rings. The summed E-state index contributed by atoms with van der Waals surface area (Å²) in [6, 6.07) is 6.15. The van der Waals surface area contributed by atoms with Crippen molar-refractivity contribution in [3.05, 3.63) is 51.4 Å². The van der Waals surface area contributed by atoms with Crippen LogP contribution in [-0.4, -0.2) is 50.1 Å². The Balaban J connectivity index is 1.87. The van der Waals surface area contributed by atoms with Gasteiger partial charge in [0.05, 0.1) is 25.3 Å². The smallest absolute Gasteiger partial charge is 0.341 e. The fourth-order valence-electron chi connectivity index (χ4n) is 3.18. The van der Waals surface area contributed by atoms with Crippen molar-refractivity contribution < 1.29 is 23.9 Å². The number of esters is 2. The molecular weight excluding hydrogens is 380 g/mol. The van der Waals surface area contributed by atoms with Crippen molar-refractivity contribution in [3.8, 4) is 0 Å². The lowest BCUT2D eigenvalue weighted by atomic mass is 10.0. The fraction of sp³-hybridized carbons (Fsp3) is 0.350. The van der Waals surface area contributed by atoms with Crippen molar-refractivity contribution >= 4 is 34.2 Å². The van der Waals surface area contributed by atoms with Gasteiger partial charge in [0.15, 0.2) is 0 Å². The van der Waals surface area contributed by atoms with Crippen LogP contribution in [0.3, 0.4) is 0 Å². The van der Waals surface area contributed by atoms with Crippen LogP contribution in [0.4, 0.5) is 5.00 Å². The topological polar surface area (TPSA) is 84.9 Å². The van der Waals surface area contributed by atoms with Gasteiger partial charge in [-0.15, -0.1) is 11.3 Å². The van der Waals surface area contributed by atoms with E-state index in [4.69, 9.17) is 4.74 Å². The van der Waals surface area contributed by atoms with Gasteiger partial charge in [0, 0.05) is 23.5 Å². The van der Waals surface area contributed by atoms with Gasteiger partial charge in [-0.1, -0.05) is 6.92 Å². The lowest BCUT2D eigenvalue weighted by Gasteiger charge is -2.25. The Kier molecular flexibility index (Phi) is 6.11. The quantitative estimate of drug-likeness (QED) is 0.774. The SMILES string of the molecule is CCN1CCc2c(sc(NC(=O)c3ccc(C(=O)OC)cc3)c2C(=O)OC)C1. The first-order valence-corrected chi connectivity index (χ1v) is 9.75. The summed E-state index contributed by atoms with van der Waals surface area (Å²) in [4.78, 5) is 39.9. The van der Waals surface area contributed by atoms with E-state index in [-0.39, 0.29) is 5.91 Å². The van der Waals surface area contributed by atoms with Crippen molar-refractivity contribution in [2.24, 2.45) is 0 Å². The third kappa shape index (κ3) is 3.93. The molecule has 148 valence electrons. The Hall–Kier alpha value is -2.71. The van der Waals surface area contributed by atoms with Crippen LogP contribution in [0.5, 0.6) is 0 Å². The highest BCUT2D eigenvalue weighted by Crippen LogP contribution is 2.37. The lowest BCUT2D eigenvalue weighted by Crippen LogP contribution is -2.29. The first-order chi connectivity index (χ1) is 13.5. The normalized spacial score (nSPS) is 13.5. The van der Waals surface area contributed by atoms with Gasteiger partial charge >= 0.3 is 11.9 Å². The van der Waals surface area contributed by atoms with E-state index in [9.17, 15) is 14.4 Å². The largest absolute Gasteiger partial charge is 0.465 e. The number of hydrogen-bond donors (Lipinski definition) is 1. The minimum atomic E-state index is -0.466. The molecule has 0 saturated heterocycles. The summed E-state index contributed by atoms with van der Waals surface area (Å²) in [7, 11) is 2.64. The Morgan fingerprint density at radius 1 is 1.07 bits per heavy atom. The van der Waals surface area contributed by atoms with E-state index in [1.54, 1.807) is 12.1 Å². The number of thiophene rings is 1. The zero-order chi connectivity index (χ0) is 20.3. The number of ether oxygens (including phenoxy) is 2. The van der Waals surface area contributed by atoms with E-state index >= 15 is 0 Å². The van der Waals surface area contributed by atoms with Gasteiger partial charge in [-0.3, -0.25) is 9.69 Å². The molecule has 7 nitrogen and oxygen atoms in total. The van der Waals surface area contributed by atoms with Gasteiger partial charge in [0.2, 0.25) is 0 Å². The maximum absolute atomic E-state index is 12.7. The average molecular weight is 402 g/mol. The third-order valence-corrected chi connectivity index (χ3v) is 5.90. The molecular formula is C20H22N2O5S. The average Bonchev–Trinajstić information content (AvgIpc) is 3.09. The van der Waals surface area contributed by atoms with Gasteiger partial charge in [-0.2, -0.15) is 0 Å². The number of amides is 1. The molecule has 28 heavy (non-hydrogen) atoms. The first-order valence-electron chi connectivity index (χ1n) is 8.93. The number of carbonyl (C=O) groups is 3. The number of nitrogens with zero attached hydrogens (tertiary/aromatic N) is 1. The second kappa shape index (κ2) is 8.53. The van der Waals surface area contributed by atoms with Crippen molar-refractivity contribution in [1.82, 2.24) is 4.90 Å². The lowest BCUT2D eigenvalue weighted by molar-refractivity contribution is 0.0591. The summed E-state index contributed by atoms with van der Waals surface area (Å²) >= 11 is 1.41. The van der Waals surface area contributed by atoms with Crippen LogP contribution in [0.2, 0.25) is 0 Å². The highest BCUT2D eigenvalue weighted by atomic mass is 32.1. The van der Waals surface area contributed by atoms with Crippen LogP contribution in [0.1, 0.15) is 48.4 Å². The monoisotopic (exact) mass is 402 g/mol. The molecule has 0 unspecified atom stereocenters. The van der Waals surface area contributed by atoms with E-state index in [0.717, 1.165) is 36.5 Å². The van der Waals surface area contributed by atoms with Crippen molar-refractivity contribution in [1.29, 1.82) is 0 Å². The molecule has 0 saturated carbocycles. The first kappa shape index (κ1) is 20.0. The van der Waals surface area contributed by atoms with Gasteiger partial charge in [0.1, 0.15) is 5.00 Å². The molecule has 0 bridgehead atoms. The predicted octanol–water partition coefficient (Wildman–Crippen LogP) is 2.95. The fourth-order valence-corrected chi connectivity index (χ4v) is 4.46. The van der Waals surface area contributed by atoms with E-state index in [1.165, 1.54) is 37.7 Å². The zero-order valence-electron chi connectivity index (χ0n) is 16.0. The van der Waals surface area contributed by atoms with Crippen LogP contribution < -0.4 is 5.32 Å². The molecule has 1 amide bonds. The summed E-state index contributed by atoms with van der Waals surface area (Å²) in [5.74, 6) is -1.27. The van der Waals surface area contributed by atoms with E-state index in [1.807, 2.05) is 0 Å². The number of anilines is 1. The van der Waals surface area contributed by atoms with Crippen LogP contribution in [-0.2, 0) is 22.4 Å². The number of rotatable bonds is 5. The summed E-state index contributed by atoms with van der Waals surface area (Å²) in [5.41, 5.74) is 2.14. The second-order valence-corrected chi connectivity index (χ2v) is 7.45. The Morgan fingerprint density at radius 2 is 1.71 bits per heavy atom. The van der Waals surface area contributed by atoms with Crippen molar-refractivity contribution in [2.45, 2.75) is 19.9 Å². The predicted molar refractivity (Wildman–Crippen MR) is 106 cm³/mol. The number of benzene rings is 1. The third-order valence-electron chi connectivity index (χ3n) is 4.77. The highest BCUT2D eigenvalue weighted by Gasteiger charge is 2.29. The summed E-state index contributed by atoms with van der Waals surface area (Å²) in [5, 5.41) is 3.34. The van der Waals surface area contributed by atoms with Crippen LogP contribution in [0, 0.1) is 0 Å². The maximum Gasteiger partial charge on any atom is 0.341 e.